The lowest BCUT2D eigenvalue weighted by Crippen LogP contribution is -2.48. The standard InChI is InChI=1S/C13H24N2O/c1-11(2)10-15-12(16)9-13(14-3)7-5-4-6-8-13/h14H,1,4-10H2,2-3H3,(H,15,16). The highest BCUT2D eigenvalue weighted by Crippen LogP contribution is 2.30. The lowest BCUT2D eigenvalue weighted by atomic mass is 9.79. The molecule has 0 unspecified atom stereocenters. The minimum absolute atomic E-state index is 0.0391. The van der Waals surface area contributed by atoms with Gasteiger partial charge in [0.1, 0.15) is 0 Å². The highest BCUT2D eigenvalue weighted by atomic mass is 16.1. The molecule has 0 aromatic rings. The van der Waals surface area contributed by atoms with Crippen LogP contribution >= 0.6 is 0 Å². The summed E-state index contributed by atoms with van der Waals surface area (Å²) in [6.45, 7) is 6.30. The molecule has 0 aliphatic heterocycles. The van der Waals surface area contributed by atoms with E-state index in [-0.39, 0.29) is 11.4 Å². The second-order valence-corrected chi connectivity index (χ2v) is 5.00. The number of nitrogens with one attached hydrogen (secondary N) is 2. The molecule has 0 radical (unpaired) electrons. The third-order valence-corrected chi connectivity index (χ3v) is 3.43. The van der Waals surface area contributed by atoms with Crippen LogP contribution in [0, 0.1) is 0 Å². The number of rotatable bonds is 5. The molecule has 1 aliphatic rings. The third-order valence-electron chi connectivity index (χ3n) is 3.43. The van der Waals surface area contributed by atoms with Gasteiger partial charge in [0.25, 0.3) is 0 Å². The molecular weight excluding hydrogens is 200 g/mol. The summed E-state index contributed by atoms with van der Waals surface area (Å²) in [7, 11) is 1.97. The van der Waals surface area contributed by atoms with Crippen molar-refractivity contribution in [2.24, 2.45) is 0 Å². The van der Waals surface area contributed by atoms with Gasteiger partial charge in [0.2, 0.25) is 5.91 Å². The molecule has 0 aromatic heterocycles. The fourth-order valence-corrected chi connectivity index (χ4v) is 2.36. The van der Waals surface area contributed by atoms with Crippen LogP contribution in [0.25, 0.3) is 0 Å². The van der Waals surface area contributed by atoms with E-state index in [4.69, 9.17) is 0 Å². The van der Waals surface area contributed by atoms with Gasteiger partial charge in [-0.1, -0.05) is 31.4 Å². The molecule has 3 nitrogen and oxygen atoms in total. The van der Waals surface area contributed by atoms with E-state index in [1.165, 1.54) is 19.3 Å². The molecule has 0 heterocycles. The molecule has 0 atom stereocenters. The Labute approximate surface area is 98.7 Å². The van der Waals surface area contributed by atoms with Gasteiger partial charge < -0.3 is 10.6 Å². The first-order chi connectivity index (χ1) is 7.58. The third kappa shape index (κ3) is 3.97. The summed E-state index contributed by atoms with van der Waals surface area (Å²) in [4.78, 5) is 11.8. The van der Waals surface area contributed by atoms with Crippen LogP contribution in [0.2, 0.25) is 0 Å². The largest absolute Gasteiger partial charge is 0.352 e. The van der Waals surface area contributed by atoms with Crippen molar-refractivity contribution >= 4 is 5.91 Å². The van der Waals surface area contributed by atoms with Crippen LogP contribution in [0.15, 0.2) is 12.2 Å². The Hall–Kier alpha value is -0.830. The number of carbonyl (C=O) groups excluding carboxylic acids is 1. The van der Waals surface area contributed by atoms with Crippen molar-refractivity contribution in [1.29, 1.82) is 0 Å². The summed E-state index contributed by atoms with van der Waals surface area (Å²) in [5.41, 5.74) is 1.03. The highest BCUT2D eigenvalue weighted by molar-refractivity contribution is 5.77. The first kappa shape index (κ1) is 13.2. The van der Waals surface area contributed by atoms with Crippen molar-refractivity contribution in [3.8, 4) is 0 Å². The Kier molecular flexibility index (Phi) is 5.00. The molecule has 1 saturated carbocycles. The molecule has 0 bridgehead atoms. The van der Waals surface area contributed by atoms with Crippen LogP contribution in [-0.2, 0) is 4.79 Å². The quantitative estimate of drug-likeness (QED) is 0.701. The first-order valence-electron chi connectivity index (χ1n) is 6.18. The van der Waals surface area contributed by atoms with Crippen LogP contribution < -0.4 is 10.6 Å². The Balaban J connectivity index is 2.42. The summed E-state index contributed by atoms with van der Waals surface area (Å²) in [6, 6.07) is 0. The zero-order valence-corrected chi connectivity index (χ0v) is 10.6. The van der Waals surface area contributed by atoms with Crippen LogP contribution in [0.1, 0.15) is 45.4 Å². The number of amides is 1. The summed E-state index contributed by atoms with van der Waals surface area (Å²) < 4.78 is 0. The molecule has 2 N–H and O–H groups in total. The van der Waals surface area contributed by atoms with Crippen molar-refractivity contribution in [2.45, 2.75) is 51.0 Å². The Bertz CT molecular complexity index is 255. The lowest BCUT2D eigenvalue weighted by Gasteiger charge is -2.36. The van der Waals surface area contributed by atoms with Crippen molar-refractivity contribution in [3.05, 3.63) is 12.2 Å². The van der Waals surface area contributed by atoms with Crippen LogP contribution in [0.4, 0.5) is 0 Å². The summed E-state index contributed by atoms with van der Waals surface area (Å²) >= 11 is 0. The molecule has 3 heteroatoms. The minimum Gasteiger partial charge on any atom is -0.352 e. The zero-order valence-electron chi connectivity index (χ0n) is 10.6. The molecule has 0 saturated heterocycles. The second kappa shape index (κ2) is 6.04. The number of hydrogen-bond acceptors (Lipinski definition) is 2. The molecule has 1 rings (SSSR count). The summed E-state index contributed by atoms with van der Waals surface area (Å²) in [5, 5.41) is 6.26. The molecule has 1 fully saturated rings. The fourth-order valence-electron chi connectivity index (χ4n) is 2.36. The van der Waals surface area contributed by atoms with Gasteiger partial charge in [0.05, 0.1) is 0 Å². The predicted molar refractivity (Wildman–Crippen MR) is 67.3 cm³/mol. The highest BCUT2D eigenvalue weighted by Gasteiger charge is 2.32. The first-order valence-corrected chi connectivity index (χ1v) is 6.18. The van der Waals surface area contributed by atoms with E-state index >= 15 is 0 Å². The molecule has 1 aliphatic carbocycles. The second-order valence-electron chi connectivity index (χ2n) is 5.00. The molecule has 0 spiro atoms. The van der Waals surface area contributed by atoms with Gasteiger partial charge in [-0.3, -0.25) is 4.79 Å². The van der Waals surface area contributed by atoms with Crippen LogP contribution in [-0.4, -0.2) is 25.0 Å². The van der Waals surface area contributed by atoms with E-state index in [2.05, 4.69) is 17.2 Å². The van der Waals surface area contributed by atoms with E-state index in [1.807, 2.05) is 14.0 Å². The topological polar surface area (TPSA) is 41.1 Å². The van der Waals surface area contributed by atoms with E-state index in [0.717, 1.165) is 18.4 Å². The van der Waals surface area contributed by atoms with E-state index < -0.39 is 0 Å². The van der Waals surface area contributed by atoms with Gasteiger partial charge >= 0.3 is 0 Å². The van der Waals surface area contributed by atoms with Crippen molar-refractivity contribution in [2.75, 3.05) is 13.6 Å². The molecular formula is C13H24N2O. The lowest BCUT2D eigenvalue weighted by molar-refractivity contribution is -0.122. The maximum atomic E-state index is 11.8. The Morgan fingerprint density at radius 1 is 1.31 bits per heavy atom. The monoisotopic (exact) mass is 224 g/mol. The van der Waals surface area contributed by atoms with Crippen molar-refractivity contribution < 1.29 is 4.79 Å². The van der Waals surface area contributed by atoms with Gasteiger partial charge in [-0.25, -0.2) is 0 Å². The SMILES string of the molecule is C=C(C)CNC(=O)CC1(NC)CCCCC1. The van der Waals surface area contributed by atoms with Gasteiger partial charge in [0.15, 0.2) is 0 Å². The van der Waals surface area contributed by atoms with E-state index in [1.54, 1.807) is 0 Å². The van der Waals surface area contributed by atoms with Gasteiger partial charge in [0, 0.05) is 18.5 Å². The average molecular weight is 224 g/mol. The van der Waals surface area contributed by atoms with Gasteiger partial charge in [-0.05, 0) is 26.8 Å². The summed E-state index contributed by atoms with van der Waals surface area (Å²) in [6.07, 6.45) is 6.59. The fraction of sp³-hybridized carbons (Fsp3) is 0.769. The average Bonchev–Trinajstić information content (AvgIpc) is 2.28. The zero-order chi connectivity index (χ0) is 12.0. The van der Waals surface area contributed by atoms with Crippen LogP contribution in [0.3, 0.4) is 0 Å². The van der Waals surface area contributed by atoms with E-state index in [0.29, 0.717) is 13.0 Å². The predicted octanol–water partition coefficient (Wildman–Crippen LogP) is 1.99. The number of hydrogen-bond donors (Lipinski definition) is 2. The molecule has 92 valence electrons. The maximum absolute atomic E-state index is 11.8. The van der Waals surface area contributed by atoms with Crippen LogP contribution in [0.5, 0.6) is 0 Å². The Morgan fingerprint density at radius 3 is 2.44 bits per heavy atom. The van der Waals surface area contributed by atoms with Gasteiger partial charge in [-0.15, -0.1) is 0 Å². The minimum atomic E-state index is 0.0391. The maximum Gasteiger partial charge on any atom is 0.222 e. The summed E-state index contributed by atoms with van der Waals surface area (Å²) in [5.74, 6) is 0.138. The normalized spacial score (nSPS) is 19.1. The Morgan fingerprint density at radius 2 is 1.94 bits per heavy atom. The molecule has 0 aromatic carbocycles. The molecule has 16 heavy (non-hydrogen) atoms. The van der Waals surface area contributed by atoms with Crippen molar-refractivity contribution in [3.63, 3.8) is 0 Å². The number of carbonyl (C=O) groups is 1. The van der Waals surface area contributed by atoms with Crippen molar-refractivity contribution in [1.82, 2.24) is 10.6 Å². The smallest absolute Gasteiger partial charge is 0.222 e. The van der Waals surface area contributed by atoms with Gasteiger partial charge in [-0.2, -0.15) is 0 Å². The molecule has 1 amide bonds. The van der Waals surface area contributed by atoms with E-state index in [9.17, 15) is 4.79 Å².